The number of hydrogen-bond acceptors (Lipinski definition) is 3. The Bertz CT molecular complexity index is 434. The minimum atomic E-state index is -0.392. The first-order valence-corrected chi connectivity index (χ1v) is 5.84. The van der Waals surface area contributed by atoms with Crippen LogP contribution in [0.1, 0.15) is 6.92 Å². The highest BCUT2D eigenvalue weighted by Crippen LogP contribution is 2.14. The van der Waals surface area contributed by atoms with Crippen molar-refractivity contribution < 1.29 is 18.7 Å². The fraction of sp³-hybridized carbons (Fsp3) is 0.385. The van der Waals surface area contributed by atoms with Gasteiger partial charge < -0.3 is 15.0 Å². The normalized spacial score (nSPS) is 10.1. The zero-order valence-corrected chi connectivity index (χ0v) is 11.0. The molecule has 0 saturated heterocycles. The van der Waals surface area contributed by atoms with Gasteiger partial charge in [-0.3, -0.25) is 9.59 Å². The van der Waals surface area contributed by atoms with Crippen LogP contribution >= 0.6 is 0 Å². The lowest BCUT2D eigenvalue weighted by Gasteiger charge is -2.20. The van der Waals surface area contributed by atoms with Gasteiger partial charge in [0.1, 0.15) is 12.4 Å². The molecule has 0 unspecified atom stereocenters. The van der Waals surface area contributed by atoms with Gasteiger partial charge in [-0.15, -0.1) is 0 Å². The molecule has 0 fully saturated rings. The second-order valence-electron chi connectivity index (χ2n) is 3.92. The molecule has 0 radical (unpaired) electrons. The number of carbonyl (C=O) groups excluding carboxylic acids is 2. The topological polar surface area (TPSA) is 58.6 Å². The lowest BCUT2D eigenvalue weighted by Crippen LogP contribution is -2.40. The van der Waals surface area contributed by atoms with E-state index in [2.05, 4.69) is 5.32 Å². The first-order chi connectivity index (χ1) is 9.04. The third-order valence-corrected chi connectivity index (χ3v) is 2.45. The van der Waals surface area contributed by atoms with Gasteiger partial charge in [0, 0.05) is 26.3 Å². The van der Waals surface area contributed by atoms with E-state index in [1.807, 2.05) is 0 Å². The van der Waals surface area contributed by atoms with Crippen molar-refractivity contribution in [2.24, 2.45) is 0 Å². The molecule has 0 spiro atoms. The SMILES string of the molecule is COCCNC(=O)CN(C(C)=O)c1ccc(F)cc1. The van der Waals surface area contributed by atoms with Crippen molar-refractivity contribution in [3.63, 3.8) is 0 Å². The predicted octanol–water partition coefficient (Wildman–Crippen LogP) is 0.941. The number of methoxy groups -OCH3 is 1. The van der Waals surface area contributed by atoms with E-state index in [0.717, 1.165) is 0 Å². The van der Waals surface area contributed by atoms with E-state index in [4.69, 9.17) is 4.74 Å². The summed E-state index contributed by atoms with van der Waals surface area (Å²) in [7, 11) is 1.53. The Morgan fingerprint density at radius 3 is 2.47 bits per heavy atom. The molecule has 1 aromatic carbocycles. The van der Waals surface area contributed by atoms with Crippen LogP contribution in [-0.2, 0) is 14.3 Å². The van der Waals surface area contributed by atoms with Gasteiger partial charge in [-0.05, 0) is 24.3 Å². The molecule has 1 aromatic rings. The largest absolute Gasteiger partial charge is 0.383 e. The minimum absolute atomic E-state index is 0.106. The van der Waals surface area contributed by atoms with E-state index in [1.54, 1.807) is 0 Å². The van der Waals surface area contributed by atoms with Crippen LogP contribution in [0, 0.1) is 5.82 Å². The molecule has 6 heteroatoms. The Hall–Kier alpha value is -1.95. The highest BCUT2D eigenvalue weighted by atomic mass is 19.1. The standard InChI is InChI=1S/C13H17FN2O3/c1-10(17)16(9-13(18)15-7-8-19-2)12-5-3-11(14)4-6-12/h3-6H,7-9H2,1-2H3,(H,15,18). The van der Waals surface area contributed by atoms with Crippen molar-refractivity contribution in [1.82, 2.24) is 5.32 Å². The van der Waals surface area contributed by atoms with Crippen molar-refractivity contribution in [1.29, 1.82) is 0 Å². The van der Waals surface area contributed by atoms with Crippen molar-refractivity contribution in [3.8, 4) is 0 Å². The maximum atomic E-state index is 12.8. The molecule has 0 heterocycles. The number of benzene rings is 1. The zero-order chi connectivity index (χ0) is 14.3. The Kier molecular flexibility index (Phi) is 5.95. The predicted molar refractivity (Wildman–Crippen MR) is 69.3 cm³/mol. The monoisotopic (exact) mass is 268 g/mol. The highest BCUT2D eigenvalue weighted by molar-refractivity contribution is 5.97. The van der Waals surface area contributed by atoms with Crippen LogP contribution < -0.4 is 10.2 Å². The second kappa shape index (κ2) is 7.48. The molecule has 0 aliphatic rings. The molecule has 2 amide bonds. The molecule has 104 valence electrons. The van der Waals surface area contributed by atoms with Gasteiger partial charge >= 0.3 is 0 Å². The van der Waals surface area contributed by atoms with Gasteiger partial charge in [0.15, 0.2) is 0 Å². The number of anilines is 1. The summed E-state index contributed by atoms with van der Waals surface area (Å²) in [6.07, 6.45) is 0. The summed E-state index contributed by atoms with van der Waals surface area (Å²) in [5.74, 6) is -0.970. The number of nitrogens with zero attached hydrogens (tertiary/aromatic N) is 1. The first kappa shape index (κ1) is 15.1. The van der Waals surface area contributed by atoms with Gasteiger partial charge in [-0.25, -0.2) is 4.39 Å². The van der Waals surface area contributed by atoms with Gasteiger partial charge in [0.05, 0.1) is 6.61 Å². The Balaban J connectivity index is 2.65. The average Bonchev–Trinajstić information content (AvgIpc) is 2.37. The Morgan fingerprint density at radius 2 is 1.95 bits per heavy atom. The number of rotatable bonds is 6. The number of halogens is 1. The number of hydrogen-bond donors (Lipinski definition) is 1. The summed E-state index contributed by atoms with van der Waals surface area (Å²) in [4.78, 5) is 24.4. The van der Waals surface area contributed by atoms with Crippen LogP contribution in [0.25, 0.3) is 0 Å². The summed E-state index contributed by atoms with van der Waals surface area (Å²) >= 11 is 0. The van der Waals surface area contributed by atoms with Crippen LogP contribution in [0.4, 0.5) is 10.1 Å². The van der Waals surface area contributed by atoms with Crippen molar-refractivity contribution in [2.75, 3.05) is 31.7 Å². The smallest absolute Gasteiger partial charge is 0.240 e. The lowest BCUT2D eigenvalue weighted by molar-refractivity contribution is -0.123. The summed E-state index contributed by atoms with van der Waals surface area (Å²) in [5.41, 5.74) is 0.482. The lowest BCUT2D eigenvalue weighted by atomic mass is 10.2. The van der Waals surface area contributed by atoms with Gasteiger partial charge in [-0.2, -0.15) is 0 Å². The molecule has 0 saturated carbocycles. The van der Waals surface area contributed by atoms with E-state index in [1.165, 1.54) is 43.2 Å². The van der Waals surface area contributed by atoms with Crippen LogP contribution in [0.3, 0.4) is 0 Å². The van der Waals surface area contributed by atoms with Crippen LogP contribution in [0.15, 0.2) is 24.3 Å². The van der Waals surface area contributed by atoms with Crippen LogP contribution in [0.5, 0.6) is 0 Å². The molecule has 0 aliphatic heterocycles. The molecule has 19 heavy (non-hydrogen) atoms. The summed E-state index contributed by atoms with van der Waals surface area (Å²) < 4.78 is 17.6. The molecule has 0 aliphatic carbocycles. The Labute approximate surface area is 111 Å². The Morgan fingerprint density at radius 1 is 1.32 bits per heavy atom. The molecule has 0 aromatic heterocycles. The molecular formula is C13H17FN2O3. The third-order valence-electron chi connectivity index (χ3n) is 2.45. The van der Waals surface area contributed by atoms with E-state index < -0.39 is 5.82 Å². The molecule has 1 rings (SSSR count). The first-order valence-electron chi connectivity index (χ1n) is 5.84. The summed E-state index contributed by atoms with van der Waals surface area (Å²) in [6, 6.07) is 5.40. The van der Waals surface area contributed by atoms with Crippen molar-refractivity contribution >= 4 is 17.5 Å². The summed E-state index contributed by atoms with van der Waals surface area (Å²) in [6.45, 7) is 2.03. The van der Waals surface area contributed by atoms with Gasteiger partial charge in [0.2, 0.25) is 11.8 Å². The maximum Gasteiger partial charge on any atom is 0.240 e. The van der Waals surface area contributed by atoms with Gasteiger partial charge in [0.25, 0.3) is 0 Å². The second-order valence-corrected chi connectivity index (χ2v) is 3.92. The fourth-order valence-electron chi connectivity index (χ4n) is 1.50. The number of amides is 2. The molecule has 0 bridgehead atoms. The maximum absolute atomic E-state index is 12.8. The van der Waals surface area contributed by atoms with E-state index >= 15 is 0 Å². The number of nitrogens with one attached hydrogen (secondary N) is 1. The third kappa shape index (κ3) is 5.05. The van der Waals surface area contributed by atoms with Gasteiger partial charge in [-0.1, -0.05) is 0 Å². The van der Waals surface area contributed by atoms with E-state index in [-0.39, 0.29) is 18.4 Å². The quantitative estimate of drug-likeness (QED) is 0.781. The molecule has 1 N–H and O–H groups in total. The minimum Gasteiger partial charge on any atom is -0.383 e. The average molecular weight is 268 g/mol. The molecule has 5 nitrogen and oxygen atoms in total. The van der Waals surface area contributed by atoms with Crippen LogP contribution in [-0.4, -0.2) is 38.6 Å². The van der Waals surface area contributed by atoms with E-state index in [0.29, 0.717) is 18.8 Å². The highest BCUT2D eigenvalue weighted by Gasteiger charge is 2.15. The fourth-order valence-corrected chi connectivity index (χ4v) is 1.50. The number of carbonyl (C=O) groups is 2. The van der Waals surface area contributed by atoms with Crippen molar-refractivity contribution in [3.05, 3.63) is 30.1 Å². The zero-order valence-electron chi connectivity index (χ0n) is 11.0. The molecular weight excluding hydrogens is 251 g/mol. The van der Waals surface area contributed by atoms with E-state index in [9.17, 15) is 14.0 Å². The van der Waals surface area contributed by atoms with Crippen LogP contribution in [0.2, 0.25) is 0 Å². The van der Waals surface area contributed by atoms with Crippen molar-refractivity contribution in [2.45, 2.75) is 6.92 Å². The number of ether oxygens (including phenoxy) is 1. The molecule has 0 atom stereocenters. The summed E-state index contributed by atoms with van der Waals surface area (Å²) in [5, 5.41) is 2.62.